The Morgan fingerprint density at radius 2 is 1.81 bits per heavy atom. The molecule has 1 aromatic rings. The maximum atomic E-state index is 13.4. The molecule has 0 aromatic heterocycles. The third-order valence-corrected chi connectivity index (χ3v) is 5.36. The van der Waals surface area contributed by atoms with Crippen molar-refractivity contribution in [2.75, 3.05) is 38.1 Å². The van der Waals surface area contributed by atoms with E-state index in [2.05, 4.69) is 5.32 Å². The first kappa shape index (κ1) is 21.6. The van der Waals surface area contributed by atoms with E-state index in [-0.39, 0.29) is 42.9 Å². The van der Waals surface area contributed by atoms with Crippen LogP contribution in [0.5, 0.6) is 0 Å². The third kappa shape index (κ3) is 5.17. The van der Waals surface area contributed by atoms with E-state index >= 15 is 0 Å². The van der Waals surface area contributed by atoms with Gasteiger partial charge in [-0.25, -0.2) is 8.78 Å². The summed E-state index contributed by atoms with van der Waals surface area (Å²) in [5.41, 5.74) is 0.175. The molecule has 1 atom stereocenters. The molecular formula is C19H26ClF2N3O2. The molecule has 3 rings (SSSR count). The van der Waals surface area contributed by atoms with Crippen molar-refractivity contribution in [2.45, 2.75) is 25.7 Å². The van der Waals surface area contributed by atoms with E-state index in [1.54, 1.807) is 0 Å². The Balaban J connectivity index is 0.00000261. The summed E-state index contributed by atoms with van der Waals surface area (Å²) in [5, 5.41) is 3.15. The van der Waals surface area contributed by atoms with Crippen molar-refractivity contribution in [3.05, 3.63) is 29.8 Å². The molecule has 1 N–H and O–H groups in total. The highest BCUT2D eigenvalue weighted by molar-refractivity contribution is 6.00. The smallest absolute Gasteiger partial charge is 0.228 e. The minimum absolute atomic E-state index is 0. The Kier molecular flexibility index (Phi) is 7.56. The molecule has 2 aliphatic heterocycles. The predicted octanol–water partition coefficient (Wildman–Crippen LogP) is 2.59. The van der Waals surface area contributed by atoms with Crippen LogP contribution < -0.4 is 10.2 Å². The lowest BCUT2D eigenvalue weighted by molar-refractivity contribution is -0.137. The number of amides is 2. The van der Waals surface area contributed by atoms with Crippen LogP contribution in [-0.2, 0) is 9.59 Å². The van der Waals surface area contributed by atoms with Gasteiger partial charge in [0.25, 0.3) is 0 Å². The van der Waals surface area contributed by atoms with Crippen LogP contribution in [0.25, 0.3) is 0 Å². The molecule has 150 valence electrons. The molecular weight excluding hydrogens is 376 g/mol. The molecule has 8 heteroatoms. The van der Waals surface area contributed by atoms with Crippen LogP contribution in [0.4, 0.5) is 14.5 Å². The van der Waals surface area contributed by atoms with Crippen LogP contribution in [0.1, 0.15) is 25.7 Å². The van der Waals surface area contributed by atoms with Gasteiger partial charge in [0, 0.05) is 37.8 Å². The maximum absolute atomic E-state index is 13.4. The van der Waals surface area contributed by atoms with Gasteiger partial charge in [-0.15, -0.1) is 12.4 Å². The van der Waals surface area contributed by atoms with E-state index in [1.807, 2.05) is 11.9 Å². The molecule has 2 saturated heterocycles. The molecule has 2 aliphatic rings. The van der Waals surface area contributed by atoms with Crippen LogP contribution in [-0.4, -0.2) is 49.9 Å². The molecule has 0 radical (unpaired) electrons. The van der Waals surface area contributed by atoms with E-state index in [0.717, 1.165) is 44.0 Å². The van der Waals surface area contributed by atoms with Crippen molar-refractivity contribution in [3.63, 3.8) is 0 Å². The number of nitrogens with one attached hydrogen (secondary N) is 1. The SMILES string of the molecule is CNCCC1CCN(C(=O)C2CC(=O)N(c3cc(F)cc(F)c3)C2)CC1.Cl. The van der Waals surface area contributed by atoms with Crippen molar-refractivity contribution in [1.29, 1.82) is 0 Å². The van der Waals surface area contributed by atoms with Gasteiger partial charge in [0.05, 0.1) is 5.92 Å². The summed E-state index contributed by atoms with van der Waals surface area (Å²) >= 11 is 0. The topological polar surface area (TPSA) is 52.7 Å². The Morgan fingerprint density at radius 3 is 2.41 bits per heavy atom. The molecule has 5 nitrogen and oxygen atoms in total. The lowest BCUT2D eigenvalue weighted by Gasteiger charge is -2.33. The monoisotopic (exact) mass is 401 g/mol. The molecule has 2 amide bonds. The van der Waals surface area contributed by atoms with Crippen LogP contribution in [0.2, 0.25) is 0 Å². The van der Waals surface area contributed by atoms with E-state index < -0.39 is 17.6 Å². The van der Waals surface area contributed by atoms with Crippen molar-refractivity contribution in [3.8, 4) is 0 Å². The van der Waals surface area contributed by atoms with E-state index in [4.69, 9.17) is 0 Å². The van der Waals surface area contributed by atoms with Gasteiger partial charge in [-0.1, -0.05) is 0 Å². The van der Waals surface area contributed by atoms with Crippen molar-refractivity contribution in [2.24, 2.45) is 11.8 Å². The summed E-state index contributed by atoms with van der Waals surface area (Å²) in [6.45, 7) is 2.59. The Labute approximate surface area is 164 Å². The third-order valence-electron chi connectivity index (χ3n) is 5.36. The van der Waals surface area contributed by atoms with Crippen LogP contribution in [0.15, 0.2) is 18.2 Å². The van der Waals surface area contributed by atoms with Gasteiger partial charge in [0.1, 0.15) is 11.6 Å². The number of anilines is 1. The molecule has 2 heterocycles. The predicted molar refractivity (Wildman–Crippen MR) is 102 cm³/mol. The second kappa shape index (κ2) is 9.46. The Hall–Kier alpha value is -1.73. The number of carbonyl (C=O) groups is 2. The average Bonchev–Trinajstić information content (AvgIpc) is 3.01. The first-order chi connectivity index (χ1) is 12.5. The zero-order valence-electron chi connectivity index (χ0n) is 15.4. The lowest BCUT2D eigenvalue weighted by atomic mass is 9.92. The van der Waals surface area contributed by atoms with Gasteiger partial charge in [-0.2, -0.15) is 0 Å². The summed E-state index contributed by atoms with van der Waals surface area (Å²) < 4.78 is 26.8. The van der Waals surface area contributed by atoms with Gasteiger partial charge >= 0.3 is 0 Å². The summed E-state index contributed by atoms with van der Waals surface area (Å²) in [5.74, 6) is -1.56. The number of likely N-dealkylation sites (tertiary alicyclic amines) is 1. The zero-order valence-corrected chi connectivity index (χ0v) is 16.2. The van der Waals surface area contributed by atoms with Crippen LogP contribution in [0.3, 0.4) is 0 Å². The molecule has 1 aromatic carbocycles. The second-order valence-electron chi connectivity index (χ2n) is 7.19. The highest BCUT2D eigenvalue weighted by atomic mass is 35.5. The molecule has 0 aliphatic carbocycles. The van der Waals surface area contributed by atoms with Gasteiger partial charge in [-0.05, 0) is 50.9 Å². The average molecular weight is 402 g/mol. The summed E-state index contributed by atoms with van der Waals surface area (Å²) in [6.07, 6.45) is 3.16. The standard InChI is InChI=1S/C19H25F2N3O2.ClH/c1-22-5-2-13-3-6-23(7-4-13)19(26)14-8-18(25)24(12-14)17-10-15(20)9-16(21)11-17;/h9-11,13-14,22H,2-8,12H2,1H3;1H. The van der Waals surface area contributed by atoms with Gasteiger partial charge in [-0.3, -0.25) is 9.59 Å². The molecule has 1 unspecified atom stereocenters. The van der Waals surface area contributed by atoms with Crippen LogP contribution >= 0.6 is 12.4 Å². The highest BCUT2D eigenvalue weighted by Gasteiger charge is 2.38. The quantitative estimate of drug-likeness (QED) is 0.825. The largest absolute Gasteiger partial charge is 0.342 e. The number of hydrogen-bond acceptors (Lipinski definition) is 3. The first-order valence-electron chi connectivity index (χ1n) is 9.17. The Bertz CT molecular complexity index is 661. The molecule has 0 bridgehead atoms. The number of halogens is 3. The van der Waals surface area contributed by atoms with Crippen molar-refractivity contribution in [1.82, 2.24) is 10.2 Å². The summed E-state index contributed by atoms with van der Waals surface area (Å²) in [7, 11) is 1.94. The van der Waals surface area contributed by atoms with Crippen molar-refractivity contribution >= 4 is 29.9 Å². The fourth-order valence-electron chi connectivity index (χ4n) is 3.87. The van der Waals surface area contributed by atoms with E-state index in [1.165, 1.54) is 4.90 Å². The second-order valence-corrected chi connectivity index (χ2v) is 7.19. The fraction of sp³-hybridized carbons (Fsp3) is 0.579. The zero-order chi connectivity index (χ0) is 18.7. The van der Waals surface area contributed by atoms with Gasteiger partial charge in [0.2, 0.25) is 11.8 Å². The summed E-state index contributed by atoms with van der Waals surface area (Å²) in [4.78, 5) is 28.2. The number of hydrogen-bond donors (Lipinski definition) is 1. The molecule has 2 fully saturated rings. The Morgan fingerprint density at radius 1 is 1.19 bits per heavy atom. The highest BCUT2D eigenvalue weighted by Crippen LogP contribution is 2.29. The maximum Gasteiger partial charge on any atom is 0.228 e. The minimum Gasteiger partial charge on any atom is -0.342 e. The van der Waals surface area contributed by atoms with Gasteiger partial charge < -0.3 is 15.1 Å². The molecule has 0 saturated carbocycles. The molecule has 0 spiro atoms. The van der Waals surface area contributed by atoms with Crippen molar-refractivity contribution < 1.29 is 18.4 Å². The minimum atomic E-state index is -0.730. The fourth-order valence-corrected chi connectivity index (χ4v) is 3.87. The van der Waals surface area contributed by atoms with Gasteiger partial charge in [0.15, 0.2) is 0 Å². The molecule has 27 heavy (non-hydrogen) atoms. The van der Waals surface area contributed by atoms with E-state index in [0.29, 0.717) is 19.0 Å². The summed E-state index contributed by atoms with van der Waals surface area (Å²) in [6, 6.07) is 3.02. The van der Waals surface area contributed by atoms with E-state index in [9.17, 15) is 18.4 Å². The number of piperidine rings is 1. The van der Waals surface area contributed by atoms with Crippen LogP contribution in [0, 0.1) is 23.5 Å². The number of carbonyl (C=O) groups excluding carboxylic acids is 2. The first-order valence-corrected chi connectivity index (χ1v) is 9.17. The lowest BCUT2D eigenvalue weighted by Crippen LogP contribution is -2.42. The normalized spacial score (nSPS) is 20.7. The number of rotatable bonds is 5. The number of nitrogens with zero attached hydrogens (tertiary/aromatic N) is 2. The number of benzene rings is 1.